The van der Waals surface area contributed by atoms with Gasteiger partial charge in [0.15, 0.2) is 0 Å². The fourth-order valence-corrected chi connectivity index (χ4v) is 3.45. The number of hydrogen-bond donors (Lipinski definition) is 2. The van der Waals surface area contributed by atoms with Gasteiger partial charge in [0, 0.05) is 23.6 Å². The Bertz CT molecular complexity index is 999. The number of fused-ring (bicyclic) bond motifs is 1. The Labute approximate surface area is 165 Å². The van der Waals surface area contributed by atoms with Crippen molar-refractivity contribution in [1.82, 2.24) is 10.0 Å². The molecular formula is C24H24N2O2. The quantitative estimate of drug-likeness (QED) is 0.412. The van der Waals surface area contributed by atoms with Crippen molar-refractivity contribution in [2.75, 3.05) is 6.61 Å². The van der Waals surface area contributed by atoms with Crippen molar-refractivity contribution >= 4 is 10.9 Å². The molecule has 0 aliphatic rings. The number of ether oxygens (including phenoxy) is 1. The second-order valence-electron chi connectivity index (χ2n) is 6.89. The van der Waals surface area contributed by atoms with Crippen LogP contribution in [-0.2, 0) is 17.9 Å². The van der Waals surface area contributed by atoms with E-state index in [9.17, 15) is 5.21 Å². The van der Waals surface area contributed by atoms with Gasteiger partial charge in [0.2, 0.25) is 0 Å². The van der Waals surface area contributed by atoms with Crippen LogP contribution < -0.4 is 0 Å². The van der Waals surface area contributed by atoms with E-state index < -0.39 is 0 Å². The highest BCUT2D eigenvalue weighted by molar-refractivity contribution is 5.83. The number of H-pyrrole nitrogens is 1. The van der Waals surface area contributed by atoms with Crippen molar-refractivity contribution in [1.29, 1.82) is 0 Å². The van der Waals surface area contributed by atoms with Crippen LogP contribution in [0.15, 0.2) is 91.1 Å². The first-order valence-electron chi connectivity index (χ1n) is 9.48. The molecule has 1 unspecified atom stereocenters. The van der Waals surface area contributed by atoms with Crippen molar-refractivity contribution in [2.45, 2.75) is 19.2 Å². The Morgan fingerprint density at radius 2 is 1.46 bits per heavy atom. The van der Waals surface area contributed by atoms with Crippen LogP contribution in [0.2, 0.25) is 0 Å². The summed E-state index contributed by atoms with van der Waals surface area (Å²) in [6.45, 7) is 1.33. The average molecular weight is 372 g/mol. The maximum absolute atomic E-state index is 10.9. The predicted molar refractivity (Wildman–Crippen MR) is 111 cm³/mol. The molecule has 0 aliphatic heterocycles. The summed E-state index contributed by atoms with van der Waals surface area (Å²) in [4.78, 5) is 3.30. The van der Waals surface area contributed by atoms with Crippen LogP contribution in [0.25, 0.3) is 10.9 Å². The highest BCUT2D eigenvalue weighted by Gasteiger charge is 2.22. The van der Waals surface area contributed by atoms with Gasteiger partial charge in [-0.1, -0.05) is 78.9 Å². The minimum atomic E-state index is -0.278. The zero-order chi connectivity index (χ0) is 19.2. The molecule has 4 aromatic rings. The first-order valence-corrected chi connectivity index (χ1v) is 9.48. The van der Waals surface area contributed by atoms with Gasteiger partial charge >= 0.3 is 0 Å². The van der Waals surface area contributed by atoms with Gasteiger partial charge in [-0.25, -0.2) is 0 Å². The molecule has 4 rings (SSSR count). The molecule has 0 bridgehead atoms. The molecule has 0 aliphatic carbocycles. The molecule has 0 spiro atoms. The number of aromatic amines is 1. The molecule has 0 amide bonds. The normalized spacial score (nSPS) is 12.5. The Morgan fingerprint density at radius 1 is 0.821 bits per heavy atom. The molecule has 3 aromatic carbocycles. The lowest BCUT2D eigenvalue weighted by Gasteiger charge is -2.26. The molecule has 142 valence electrons. The lowest BCUT2D eigenvalue weighted by Crippen LogP contribution is -2.28. The topological polar surface area (TPSA) is 48.5 Å². The van der Waals surface area contributed by atoms with Gasteiger partial charge < -0.3 is 14.9 Å². The van der Waals surface area contributed by atoms with Gasteiger partial charge in [0.05, 0.1) is 19.3 Å². The second kappa shape index (κ2) is 8.85. The maximum Gasteiger partial charge on any atom is 0.0857 e. The number of nitrogens with one attached hydrogen (secondary N) is 1. The van der Waals surface area contributed by atoms with E-state index >= 15 is 0 Å². The number of hydroxylamine groups is 2. The first kappa shape index (κ1) is 18.4. The van der Waals surface area contributed by atoms with Crippen LogP contribution in [0.1, 0.15) is 22.7 Å². The summed E-state index contributed by atoms with van der Waals surface area (Å²) in [5, 5.41) is 13.4. The Morgan fingerprint density at radius 3 is 2.21 bits per heavy atom. The molecule has 28 heavy (non-hydrogen) atoms. The van der Waals surface area contributed by atoms with Crippen molar-refractivity contribution in [3.05, 3.63) is 108 Å². The largest absolute Gasteiger partial charge is 0.375 e. The summed E-state index contributed by atoms with van der Waals surface area (Å²) in [6.07, 6.45) is 1.97. The fourth-order valence-electron chi connectivity index (χ4n) is 3.45. The fraction of sp³-hybridized carbons (Fsp3) is 0.167. The van der Waals surface area contributed by atoms with Gasteiger partial charge in [0.25, 0.3) is 0 Å². The third kappa shape index (κ3) is 4.31. The number of benzene rings is 3. The van der Waals surface area contributed by atoms with E-state index in [-0.39, 0.29) is 6.04 Å². The first-order chi connectivity index (χ1) is 13.8. The third-order valence-electron chi connectivity index (χ3n) is 4.91. The minimum Gasteiger partial charge on any atom is -0.375 e. The summed E-state index contributed by atoms with van der Waals surface area (Å²) in [5.74, 6) is 0. The smallest absolute Gasteiger partial charge is 0.0857 e. The minimum absolute atomic E-state index is 0.278. The highest BCUT2D eigenvalue weighted by Crippen LogP contribution is 2.29. The maximum atomic E-state index is 10.9. The van der Waals surface area contributed by atoms with Crippen LogP contribution in [0.4, 0.5) is 0 Å². The summed E-state index contributed by atoms with van der Waals surface area (Å²) >= 11 is 0. The Hall–Kier alpha value is -2.92. The Kier molecular flexibility index (Phi) is 5.83. The standard InChI is InChI=1S/C24H24N2O2/c27-26(16-19-9-3-1-4-10-19)24(18-28-17-20-11-5-2-6-12-20)22-15-25-23-14-8-7-13-21(22)23/h1-15,24-25,27H,16-18H2. The van der Waals surface area contributed by atoms with Gasteiger partial charge in [-0.05, 0) is 22.8 Å². The lowest BCUT2D eigenvalue weighted by atomic mass is 10.1. The zero-order valence-electron chi connectivity index (χ0n) is 15.7. The molecule has 1 atom stereocenters. The van der Waals surface area contributed by atoms with E-state index in [1.165, 1.54) is 5.06 Å². The number of nitrogens with zero attached hydrogens (tertiary/aromatic N) is 1. The molecular weight excluding hydrogens is 348 g/mol. The number of aromatic nitrogens is 1. The zero-order valence-corrected chi connectivity index (χ0v) is 15.7. The van der Waals surface area contributed by atoms with Gasteiger partial charge in [-0.3, -0.25) is 0 Å². The van der Waals surface area contributed by atoms with Crippen LogP contribution in [0, 0.1) is 0 Å². The summed E-state index contributed by atoms with van der Waals surface area (Å²) < 4.78 is 6.00. The van der Waals surface area contributed by atoms with Crippen molar-refractivity contribution in [3.8, 4) is 0 Å². The van der Waals surface area contributed by atoms with Gasteiger partial charge in [-0.2, -0.15) is 5.06 Å². The molecule has 1 heterocycles. The van der Waals surface area contributed by atoms with Crippen LogP contribution in [0.5, 0.6) is 0 Å². The molecule has 4 heteroatoms. The average Bonchev–Trinajstić information content (AvgIpc) is 3.16. The molecule has 4 nitrogen and oxygen atoms in total. The van der Waals surface area contributed by atoms with E-state index in [2.05, 4.69) is 11.1 Å². The third-order valence-corrected chi connectivity index (χ3v) is 4.91. The Balaban J connectivity index is 1.55. The monoisotopic (exact) mass is 372 g/mol. The molecule has 0 radical (unpaired) electrons. The predicted octanol–water partition coefficient (Wildman–Crippen LogP) is 5.32. The van der Waals surface area contributed by atoms with Crippen molar-refractivity contribution in [2.24, 2.45) is 0 Å². The van der Waals surface area contributed by atoms with Crippen LogP contribution in [-0.4, -0.2) is 21.9 Å². The van der Waals surface area contributed by atoms with Crippen LogP contribution >= 0.6 is 0 Å². The van der Waals surface area contributed by atoms with Crippen molar-refractivity contribution < 1.29 is 9.94 Å². The van der Waals surface area contributed by atoms with E-state index in [4.69, 9.17) is 4.74 Å². The van der Waals surface area contributed by atoms with E-state index in [0.29, 0.717) is 19.8 Å². The lowest BCUT2D eigenvalue weighted by molar-refractivity contribution is -0.154. The molecule has 1 aromatic heterocycles. The molecule has 0 saturated carbocycles. The molecule has 0 fully saturated rings. The van der Waals surface area contributed by atoms with Crippen molar-refractivity contribution in [3.63, 3.8) is 0 Å². The number of hydrogen-bond acceptors (Lipinski definition) is 3. The van der Waals surface area contributed by atoms with E-state index in [1.807, 2.05) is 85.1 Å². The SMILES string of the molecule is ON(Cc1ccccc1)C(COCc1ccccc1)c1c[nH]c2ccccc12. The second-order valence-corrected chi connectivity index (χ2v) is 6.89. The molecule has 2 N–H and O–H groups in total. The van der Waals surface area contributed by atoms with E-state index in [1.54, 1.807) is 0 Å². The van der Waals surface area contributed by atoms with Gasteiger partial charge in [0.1, 0.15) is 0 Å². The highest BCUT2D eigenvalue weighted by atomic mass is 16.5. The van der Waals surface area contributed by atoms with E-state index in [0.717, 1.165) is 27.6 Å². The van der Waals surface area contributed by atoms with Gasteiger partial charge in [-0.15, -0.1) is 0 Å². The summed E-state index contributed by atoms with van der Waals surface area (Å²) in [6, 6.07) is 27.9. The molecule has 0 saturated heterocycles. The van der Waals surface area contributed by atoms with Crippen LogP contribution in [0.3, 0.4) is 0 Å². The number of rotatable bonds is 8. The summed E-state index contributed by atoms with van der Waals surface area (Å²) in [7, 11) is 0. The summed E-state index contributed by atoms with van der Waals surface area (Å²) in [5.41, 5.74) is 4.26. The number of para-hydroxylation sites is 1.